The summed E-state index contributed by atoms with van der Waals surface area (Å²) >= 11 is 1.34. The van der Waals surface area contributed by atoms with Crippen LogP contribution in [-0.2, 0) is 0 Å². The summed E-state index contributed by atoms with van der Waals surface area (Å²) in [6.45, 7) is 4.36. The van der Waals surface area contributed by atoms with Crippen LogP contribution in [0.4, 0.5) is 0 Å². The number of thiazole rings is 1. The Hall–Kier alpha value is -0.700. The topological polar surface area (TPSA) is 30.0 Å². The highest BCUT2D eigenvalue weighted by atomic mass is 32.1. The Morgan fingerprint density at radius 3 is 2.36 bits per heavy atom. The lowest BCUT2D eigenvalue weighted by molar-refractivity contribution is 0.112. The second kappa shape index (κ2) is 7.41. The van der Waals surface area contributed by atoms with Crippen LogP contribution in [0.2, 0.25) is 0 Å². The molecule has 0 unspecified atom stereocenters. The van der Waals surface area contributed by atoms with Crippen molar-refractivity contribution in [3.63, 3.8) is 0 Å². The van der Waals surface area contributed by atoms with E-state index < -0.39 is 0 Å². The zero-order chi connectivity index (χ0) is 8.53. The molecule has 0 saturated heterocycles. The van der Waals surface area contributed by atoms with Gasteiger partial charge in [-0.3, -0.25) is 4.79 Å². The average molecular weight is 171 g/mol. The Bertz CT molecular complexity index is 170. The molecule has 1 aromatic rings. The molecule has 0 saturated carbocycles. The molecule has 62 valence electrons. The second-order valence-electron chi connectivity index (χ2n) is 1.99. The molecule has 11 heavy (non-hydrogen) atoms. The molecule has 0 spiro atoms. The van der Waals surface area contributed by atoms with E-state index in [1.54, 1.807) is 11.6 Å². The van der Waals surface area contributed by atoms with Gasteiger partial charge in [0, 0.05) is 11.6 Å². The Morgan fingerprint density at radius 1 is 1.55 bits per heavy atom. The van der Waals surface area contributed by atoms with Crippen LogP contribution in [0.25, 0.3) is 0 Å². The summed E-state index contributed by atoms with van der Waals surface area (Å²) in [5.74, 6) is 0. The molecule has 0 fully saturated rings. The van der Waals surface area contributed by atoms with Crippen molar-refractivity contribution >= 4 is 17.6 Å². The Kier molecular flexibility index (Phi) is 6.94. The fourth-order valence-electron chi connectivity index (χ4n) is 0.293. The van der Waals surface area contributed by atoms with E-state index in [2.05, 4.69) is 18.8 Å². The van der Waals surface area contributed by atoms with Gasteiger partial charge >= 0.3 is 0 Å². The average Bonchev–Trinajstić information content (AvgIpc) is 2.56. The molecular weight excluding hydrogens is 158 g/mol. The molecule has 0 aliphatic carbocycles. The summed E-state index contributed by atoms with van der Waals surface area (Å²) in [7, 11) is 0. The molecule has 1 aromatic heterocycles. The Balaban J connectivity index is 0.000000218. The summed E-state index contributed by atoms with van der Waals surface area (Å²) in [4.78, 5) is 13.5. The quantitative estimate of drug-likeness (QED) is 0.640. The largest absolute Gasteiger partial charge is 0.295 e. The second-order valence-corrected chi connectivity index (χ2v) is 2.91. The molecule has 0 aromatic carbocycles. The first-order valence-electron chi connectivity index (χ1n) is 3.69. The van der Waals surface area contributed by atoms with E-state index in [0.29, 0.717) is 5.01 Å². The van der Waals surface area contributed by atoms with Crippen molar-refractivity contribution in [1.29, 1.82) is 0 Å². The van der Waals surface area contributed by atoms with Gasteiger partial charge in [0.25, 0.3) is 0 Å². The van der Waals surface area contributed by atoms with Gasteiger partial charge in [-0.25, -0.2) is 4.98 Å². The van der Waals surface area contributed by atoms with Crippen molar-refractivity contribution in [2.45, 2.75) is 26.7 Å². The first-order chi connectivity index (χ1) is 5.35. The lowest BCUT2D eigenvalue weighted by Gasteiger charge is -1.68. The van der Waals surface area contributed by atoms with Gasteiger partial charge in [-0.15, -0.1) is 11.3 Å². The van der Waals surface area contributed by atoms with Crippen LogP contribution < -0.4 is 0 Å². The smallest absolute Gasteiger partial charge is 0.178 e. The van der Waals surface area contributed by atoms with Gasteiger partial charge < -0.3 is 0 Å². The number of carbonyl (C=O) groups excluding carboxylic acids is 1. The predicted octanol–water partition coefficient (Wildman–Crippen LogP) is 2.76. The van der Waals surface area contributed by atoms with Gasteiger partial charge in [-0.1, -0.05) is 26.7 Å². The van der Waals surface area contributed by atoms with Crippen molar-refractivity contribution in [3.8, 4) is 0 Å². The summed E-state index contributed by atoms with van der Waals surface area (Å²) in [5, 5.41) is 2.31. The number of hydrogen-bond donors (Lipinski definition) is 0. The zero-order valence-electron chi connectivity index (χ0n) is 6.91. The number of aromatic nitrogens is 1. The van der Waals surface area contributed by atoms with E-state index in [0.717, 1.165) is 6.29 Å². The van der Waals surface area contributed by atoms with Gasteiger partial charge in [0.1, 0.15) is 0 Å². The zero-order valence-corrected chi connectivity index (χ0v) is 7.73. The molecule has 0 aliphatic heterocycles. The minimum Gasteiger partial charge on any atom is -0.295 e. The number of rotatable bonds is 2. The van der Waals surface area contributed by atoms with Crippen molar-refractivity contribution < 1.29 is 4.79 Å². The van der Waals surface area contributed by atoms with Gasteiger partial charge in [0.2, 0.25) is 0 Å². The van der Waals surface area contributed by atoms with Gasteiger partial charge in [0.05, 0.1) is 0 Å². The standard InChI is InChI=1S/C4H3NOS.C4H10/c6-3-4-5-1-2-7-4;1-3-4-2/h1-3H;3-4H2,1-2H3. The molecule has 1 heterocycles. The molecule has 0 bridgehead atoms. The van der Waals surface area contributed by atoms with Gasteiger partial charge in [-0.2, -0.15) is 0 Å². The van der Waals surface area contributed by atoms with Crippen LogP contribution in [-0.4, -0.2) is 11.3 Å². The lowest BCUT2D eigenvalue weighted by Crippen LogP contribution is -1.69. The van der Waals surface area contributed by atoms with Crippen molar-refractivity contribution in [2.75, 3.05) is 0 Å². The highest BCUT2D eigenvalue weighted by molar-refractivity contribution is 7.11. The maximum Gasteiger partial charge on any atom is 0.178 e. The monoisotopic (exact) mass is 171 g/mol. The number of aldehydes is 1. The van der Waals surface area contributed by atoms with E-state index in [4.69, 9.17) is 0 Å². The molecule has 0 radical (unpaired) electrons. The SMILES string of the molecule is CCCC.O=Cc1nccs1. The van der Waals surface area contributed by atoms with Gasteiger partial charge in [-0.05, 0) is 0 Å². The number of hydrogen-bond acceptors (Lipinski definition) is 3. The van der Waals surface area contributed by atoms with E-state index in [1.165, 1.54) is 24.2 Å². The van der Waals surface area contributed by atoms with Crippen molar-refractivity contribution in [3.05, 3.63) is 16.6 Å². The molecular formula is C8H13NOS. The molecule has 0 N–H and O–H groups in total. The number of nitrogens with zero attached hydrogens (tertiary/aromatic N) is 1. The molecule has 2 nitrogen and oxygen atoms in total. The number of carbonyl (C=O) groups is 1. The highest BCUT2D eigenvalue weighted by Gasteiger charge is 1.84. The Morgan fingerprint density at radius 2 is 2.18 bits per heavy atom. The maximum absolute atomic E-state index is 9.82. The van der Waals surface area contributed by atoms with Crippen molar-refractivity contribution in [1.82, 2.24) is 4.98 Å². The van der Waals surface area contributed by atoms with E-state index in [9.17, 15) is 4.79 Å². The van der Waals surface area contributed by atoms with Crippen LogP contribution >= 0.6 is 11.3 Å². The summed E-state index contributed by atoms with van der Waals surface area (Å²) in [6, 6.07) is 0. The van der Waals surface area contributed by atoms with Crippen LogP contribution in [0.15, 0.2) is 11.6 Å². The molecule has 0 aliphatic rings. The van der Waals surface area contributed by atoms with Crippen molar-refractivity contribution in [2.24, 2.45) is 0 Å². The lowest BCUT2D eigenvalue weighted by atomic mass is 10.4. The molecule has 0 amide bonds. The van der Waals surface area contributed by atoms with E-state index >= 15 is 0 Å². The van der Waals surface area contributed by atoms with Crippen LogP contribution in [0.5, 0.6) is 0 Å². The minimum atomic E-state index is 0.542. The van der Waals surface area contributed by atoms with Crippen LogP contribution in [0, 0.1) is 0 Å². The molecule has 3 heteroatoms. The fraction of sp³-hybridized carbons (Fsp3) is 0.500. The summed E-state index contributed by atoms with van der Waals surface area (Å²) in [5.41, 5.74) is 0. The Labute approximate surface area is 71.3 Å². The van der Waals surface area contributed by atoms with Gasteiger partial charge in [0.15, 0.2) is 11.3 Å². The summed E-state index contributed by atoms with van der Waals surface area (Å²) in [6.07, 6.45) is 4.99. The van der Waals surface area contributed by atoms with Crippen LogP contribution in [0.1, 0.15) is 36.5 Å². The fourth-order valence-corrected chi connectivity index (χ4v) is 0.731. The maximum atomic E-state index is 9.82. The van der Waals surface area contributed by atoms with E-state index in [1.807, 2.05) is 0 Å². The minimum absolute atomic E-state index is 0.542. The normalized spacial score (nSPS) is 8.18. The third-order valence-electron chi connectivity index (χ3n) is 1.05. The first-order valence-corrected chi connectivity index (χ1v) is 4.57. The first kappa shape index (κ1) is 10.3. The molecule has 0 atom stereocenters. The van der Waals surface area contributed by atoms with Crippen LogP contribution in [0.3, 0.4) is 0 Å². The third-order valence-corrected chi connectivity index (χ3v) is 1.75. The molecule has 1 rings (SSSR count). The van der Waals surface area contributed by atoms with E-state index in [-0.39, 0.29) is 0 Å². The summed E-state index contributed by atoms with van der Waals surface area (Å²) < 4.78 is 0. The highest BCUT2D eigenvalue weighted by Crippen LogP contribution is 1.97. The number of unbranched alkanes of at least 4 members (excludes halogenated alkanes) is 1. The third kappa shape index (κ3) is 5.73. The predicted molar refractivity (Wildman–Crippen MR) is 48.1 cm³/mol.